The Bertz CT molecular complexity index is 10900. The van der Waals surface area contributed by atoms with Crippen LogP contribution in [0.1, 0.15) is 32.9 Å². The summed E-state index contributed by atoms with van der Waals surface area (Å²) in [5.41, 5.74) is 11.5. The average molecular weight is 1760 g/mol. The molecule has 0 radical (unpaired) electrons. The van der Waals surface area contributed by atoms with Crippen LogP contribution in [0.25, 0.3) is 268 Å². The van der Waals surface area contributed by atoms with Gasteiger partial charge in [-0.15, -0.1) is 34.0 Å². The second-order valence-corrected chi connectivity index (χ2v) is 36.5. The van der Waals surface area contributed by atoms with Crippen LogP contribution in [0, 0.1) is 0 Å². The Kier molecular flexibility index (Phi) is 13.9. The summed E-state index contributed by atoms with van der Waals surface area (Å²) in [5.74, 6) is 0. The number of fused-ring (bicyclic) bond motifs is 19. The molecule has 0 amide bonds. The molecule has 28 rings (SSSR count). The Hall–Kier alpha value is -16.2. The van der Waals surface area contributed by atoms with Crippen LogP contribution >= 0.6 is 34.0 Å². The highest BCUT2D eigenvalue weighted by molar-refractivity contribution is 7.26. The third-order valence-corrected chi connectivity index (χ3v) is 29.2. The summed E-state index contributed by atoms with van der Waals surface area (Å²) in [6, 6.07) is 104. The topological polar surface area (TPSA) is 0 Å². The van der Waals surface area contributed by atoms with E-state index in [9.17, 15) is 11.0 Å². The zero-order valence-electron chi connectivity index (χ0n) is 94.6. The average Bonchev–Trinajstić information content (AvgIpc) is 0.862. The molecule has 0 fully saturated rings. The smallest absolute Gasteiger partial charge is 0.0629 e. The van der Waals surface area contributed by atoms with E-state index in [-0.39, 0.29) is 137 Å². The summed E-state index contributed by atoms with van der Waals surface area (Å²) in [4.78, 5) is 0. The van der Waals surface area contributed by atoms with Crippen molar-refractivity contribution < 1.29 is 32.9 Å². The van der Waals surface area contributed by atoms with E-state index in [1.54, 1.807) is 58.3 Å². The van der Waals surface area contributed by atoms with E-state index in [0.717, 1.165) is 106 Å². The molecule has 25 aromatic carbocycles. The number of hydrogen-bond acceptors (Lipinski definition) is 3. The zero-order valence-corrected chi connectivity index (χ0v) is 73.0. The Labute approximate surface area is 815 Å². The molecule has 3 aromatic heterocycles. The lowest BCUT2D eigenvalue weighted by molar-refractivity contribution is 1.61. The monoisotopic (exact) mass is 1760 g/mol. The van der Waals surface area contributed by atoms with E-state index in [2.05, 4.69) is 121 Å². The van der Waals surface area contributed by atoms with Crippen LogP contribution in [0.5, 0.6) is 0 Å². The van der Waals surface area contributed by atoms with Gasteiger partial charge in [0.05, 0.1) is 32.9 Å². The van der Waals surface area contributed by atoms with Gasteiger partial charge in [0.25, 0.3) is 0 Å². The van der Waals surface area contributed by atoms with E-state index in [1.165, 1.54) is 30.9 Å². The fourth-order valence-corrected chi connectivity index (χ4v) is 23.0. The Morgan fingerprint density at radius 1 is 0.128 bits per heavy atom. The highest BCUT2D eigenvalue weighted by Gasteiger charge is 2.24. The minimum Gasteiger partial charge on any atom is -0.135 e. The fraction of sp³-hybridized carbons (Fsp3) is 0. The normalized spacial score (nSPS) is 14.3. The molecule has 3 heteroatoms. The molecule has 0 atom stereocenters. The van der Waals surface area contributed by atoms with Gasteiger partial charge in [0.2, 0.25) is 0 Å². The molecule has 0 saturated heterocycles. The summed E-state index contributed by atoms with van der Waals surface area (Å²) >= 11 is 5.09. The van der Waals surface area contributed by atoms with Gasteiger partial charge in [-0.05, 0) is 281 Å². The summed E-state index contributed by atoms with van der Waals surface area (Å²) in [6.07, 6.45) is 0. The first-order chi connectivity index (χ1) is 75.9. The van der Waals surface area contributed by atoms with Crippen molar-refractivity contribution in [2.24, 2.45) is 0 Å². The maximum absolute atomic E-state index is 9.37. The number of thiophene rings is 3. The molecule has 0 spiro atoms. The molecule has 618 valence electrons. The van der Waals surface area contributed by atoms with Gasteiger partial charge in [-0.3, -0.25) is 0 Å². The molecule has 133 heavy (non-hydrogen) atoms. The lowest BCUT2D eigenvalue weighted by Crippen LogP contribution is -1.91. The van der Waals surface area contributed by atoms with Gasteiger partial charge in [0.15, 0.2) is 0 Å². The van der Waals surface area contributed by atoms with Gasteiger partial charge < -0.3 is 0 Å². The predicted octanol–water partition coefficient (Wildman–Crippen LogP) is 38.7. The van der Waals surface area contributed by atoms with E-state index in [0.29, 0.717) is 66.8 Å². The predicted molar refractivity (Wildman–Crippen MR) is 582 cm³/mol. The summed E-state index contributed by atoms with van der Waals surface area (Å²) in [5, 5.41) is 17.9. The molecule has 0 aliphatic carbocycles. The lowest BCUT2D eigenvalue weighted by atomic mass is 9.85. The number of benzene rings is 25. The van der Waals surface area contributed by atoms with Crippen LogP contribution in [0.2, 0.25) is 0 Å². The van der Waals surface area contributed by atoms with E-state index < -0.39 is 72.5 Å². The first-order valence-electron chi connectivity index (χ1n) is 55.7. The minimum absolute atomic E-state index is 0.206. The maximum atomic E-state index is 9.37. The van der Waals surface area contributed by atoms with Gasteiger partial charge in [0, 0.05) is 60.5 Å². The molecule has 0 aliphatic rings. The molecule has 0 N–H and O–H groups in total. The first-order valence-corrected chi connectivity index (χ1v) is 46.2. The van der Waals surface area contributed by atoms with Crippen LogP contribution in [0.3, 0.4) is 0 Å². The van der Waals surface area contributed by atoms with Crippen molar-refractivity contribution >= 4 is 202 Å². The van der Waals surface area contributed by atoms with Crippen LogP contribution in [0.4, 0.5) is 0 Å². The molecule has 0 nitrogen and oxygen atoms in total. The van der Waals surface area contributed by atoms with Crippen LogP contribution in [-0.2, 0) is 0 Å². The molecule has 0 unspecified atom stereocenters. The van der Waals surface area contributed by atoms with Gasteiger partial charge in [-0.2, -0.15) is 0 Å². The van der Waals surface area contributed by atoms with Crippen LogP contribution in [0.15, 0.2) is 485 Å². The van der Waals surface area contributed by atoms with Crippen molar-refractivity contribution in [1.29, 1.82) is 0 Å². The second-order valence-electron chi connectivity index (χ2n) is 33.3. The van der Waals surface area contributed by atoms with Gasteiger partial charge >= 0.3 is 0 Å². The lowest BCUT2D eigenvalue weighted by Gasteiger charge is -2.18. The van der Waals surface area contributed by atoms with E-state index in [1.807, 2.05) is 194 Å². The van der Waals surface area contributed by atoms with Crippen molar-refractivity contribution in [3.05, 3.63) is 485 Å². The Balaban J connectivity index is 0.000000117. The number of hydrogen-bond donors (Lipinski definition) is 0. The van der Waals surface area contributed by atoms with Crippen molar-refractivity contribution in [2.45, 2.75) is 0 Å². The van der Waals surface area contributed by atoms with Crippen molar-refractivity contribution in [2.75, 3.05) is 0 Å². The zero-order chi connectivity index (χ0) is 108. The van der Waals surface area contributed by atoms with Gasteiger partial charge in [-0.25, -0.2) is 0 Å². The standard InChI is InChI=1S/C46H28S.2C42H26S/c1-2-12-33-28-44-42(26-32(33)11-1)41-27-34(24-25-43(41)47-44)46-39-17-7-5-15-37(39)45(38-16-6-8-18-40(38)46)31-22-20-30(21-23-31)36-19-9-13-29-10-3-4-14-35(29)36;1-2-10-28(11-3-1)41-33-14-6-8-16-35(33)42(36-17-9-7-15-34(36)41)29-20-18-27(19-21-29)32-22-23-39-37(25-32)38-24-30-12-4-5-13-31(30)26-40(38)43-39;1-2-10-27(11-3-1)28-18-20-29(21-19-28)41-33-14-6-8-16-35(33)42(36-17-9-7-15-34(36)41)32-22-23-39-37(25-32)38-24-30-12-4-5-13-31(30)26-40(38)43-39/h1-28H;2*1-26H/i5D,6D,7D,8D,15D,16D,17D,18D;2*6D,7D,8D,9D,14D,15D,16D,17D. The quantitative estimate of drug-likeness (QED) is 0.126. The third kappa shape index (κ3) is 13.5. The van der Waals surface area contributed by atoms with Gasteiger partial charge in [0.1, 0.15) is 0 Å². The molecule has 0 aliphatic heterocycles. The van der Waals surface area contributed by atoms with Gasteiger partial charge in [-0.1, -0.05) is 412 Å². The van der Waals surface area contributed by atoms with Crippen molar-refractivity contribution in [3.63, 3.8) is 0 Å². The second kappa shape index (κ2) is 32.4. The molecular weight excluding hydrogens is 1660 g/mol. The molecule has 0 saturated carbocycles. The molecule has 3 heterocycles. The minimum atomic E-state index is -0.413. The summed E-state index contributed by atoms with van der Waals surface area (Å²) < 4.78 is 222. The van der Waals surface area contributed by atoms with Crippen LogP contribution in [-0.4, -0.2) is 0 Å². The maximum Gasteiger partial charge on any atom is 0.0629 e. The molecule has 28 aromatic rings. The van der Waals surface area contributed by atoms with Crippen LogP contribution < -0.4 is 0 Å². The third-order valence-electron chi connectivity index (χ3n) is 25.8. The highest BCUT2D eigenvalue weighted by Crippen LogP contribution is 2.52. The number of rotatable bonds is 9. The SMILES string of the molecule is [2H]c1c([2H])c([2H])c2c(-c3ccc(-c4ccc5sc6cc7ccccc7cc6c5c4)cc3)c3c([2H])c([2H])c([2H])c([2H])c3c(-c3ccccc3)c2c1[2H].[2H]c1c([2H])c([2H])c2c(-c3ccc4sc5cc6ccccc6cc5c4c3)c3c([2H])c([2H])c([2H])c([2H])c3c(-c3ccc(-c4cccc5ccccc45)cc3)c2c1[2H].[2H]c1c([2H])c([2H])c2c(-c3ccc4sc5cc6ccccc6cc5c4c3)c3c([2H])c([2H])c([2H])c([2H])c3c(-c3ccc(-c4ccccc4)cc3)c2c1[2H]. The summed E-state index contributed by atoms with van der Waals surface area (Å²) in [6.45, 7) is 0. The van der Waals surface area contributed by atoms with E-state index >= 15 is 0 Å². The van der Waals surface area contributed by atoms with Crippen molar-refractivity contribution in [1.82, 2.24) is 0 Å². The highest BCUT2D eigenvalue weighted by atomic mass is 32.1. The molecule has 0 bridgehead atoms. The summed E-state index contributed by atoms with van der Waals surface area (Å²) in [7, 11) is 0. The first kappa shape index (κ1) is 56.9. The Morgan fingerprint density at radius 2 is 0.346 bits per heavy atom. The van der Waals surface area contributed by atoms with Crippen molar-refractivity contribution in [3.8, 4) is 100 Å². The van der Waals surface area contributed by atoms with E-state index in [4.69, 9.17) is 21.9 Å². The largest absolute Gasteiger partial charge is 0.135 e. The molecular formula is C130H80S3. The fourth-order valence-electron chi connectivity index (χ4n) is 19.7. The Morgan fingerprint density at radius 3 is 0.684 bits per heavy atom.